The van der Waals surface area contributed by atoms with Gasteiger partial charge in [0.25, 0.3) is 0 Å². The lowest BCUT2D eigenvalue weighted by molar-refractivity contribution is 0.119. The van der Waals surface area contributed by atoms with Crippen LogP contribution in [0.4, 0.5) is 0 Å². The van der Waals surface area contributed by atoms with E-state index in [2.05, 4.69) is 49.1 Å². The number of nitrogens with zero attached hydrogens (tertiary/aromatic N) is 1. The third-order valence-electron chi connectivity index (χ3n) is 3.90. The number of benzene rings is 1. The van der Waals surface area contributed by atoms with Crippen molar-refractivity contribution < 1.29 is 0 Å². The number of hydrogen-bond donors (Lipinski definition) is 1. The summed E-state index contributed by atoms with van der Waals surface area (Å²) in [6.07, 6.45) is 1.13. The fourth-order valence-electron chi connectivity index (χ4n) is 2.76. The van der Waals surface area contributed by atoms with Crippen molar-refractivity contribution >= 4 is 0 Å². The van der Waals surface area contributed by atoms with Crippen LogP contribution >= 0.6 is 0 Å². The molecule has 0 aromatic heterocycles. The highest BCUT2D eigenvalue weighted by Gasteiger charge is 2.28. The van der Waals surface area contributed by atoms with Gasteiger partial charge < -0.3 is 5.73 Å². The molecule has 17 heavy (non-hydrogen) atoms. The molecule has 94 valence electrons. The van der Waals surface area contributed by atoms with Gasteiger partial charge in [-0.2, -0.15) is 0 Å². The maximum absolute atomic E-state index is 6.21. The normalized spacial score (nSPS) is 26.4. The summed E-state index contributed by atoms with van der Waals surface area (Å²) in [7, 11) is 0. The van der Waals surface area contributed by atoms with E-state index in [0.29, 0.717) is 17.9 Å². The van der Waals surface area contributed by atoms with Crippen molar-refractivity contribution in [2.45, 2.75) is 32.9 Å². The predicted octanol–water partition coefficient (Wildman–Crippen LogP) is 2.49. The SMILES string of the molecule is CC(C)C1CN(Cc2ccccc2)CCC1N. The van der Waals surface area contributed by atoms with Crippen molar-refractivity contribution in [2.24, 2.45) is 17.6 Å². The Morgan fingerprint density at radius 2 is 2.00 bits per heavy atom. The summed E-state index contributed by atoms with van der Waals surface area (Å²) >= 11 is 0. The second kappa shape index (κ2) is 5.65. The minimum atomic E-state index is 0.391. The minimum absolute atomic E-state index is 0.391. The zero-order valence-corrected chi connectivity index (χ0v) is 11.0. The molecule has 1 aromatic rings. The van der Waals surface area contributed by atoms with E-state index in [4.69, 9.17) is 5.73 Å². The molecule has 1 aromatic carbocycles. The van der Waals surface area contributed by atoms with Crippen LogP contribution in [-0.2, 0) is 6.54 Å². The summed E-state index contributed by atoms with van der Waals surface area (Å²) in [5.41, 5.74) is 7.62. The van der Waals surface area contributed by atoms with Crippen molar-refractivity contribution in [3.05, 3.63) is 35.9 Å². The van der Waals surface area contributed by atoms with E-state index < -0.39 is 0 Å². The molecule has 2 nitrogen and oxygen atoms in total. The van der Waals surface area contributed by atoms with Crippen LogP contribution in [0.25, 0.3) is 0 Å². The van der Waals surface area contributed by atoms with Crippen LogP contribution in [0.3, 0.4) is 0 Å². The Morgan fingerprint density at radius 3 is 2.65 bits per heavy atom. The molecule has 2 N–H and O–H groups in total. The summed E-state index contributed by atoms with van der Waals surface area (Å²) in [6, 6.07) is 11.1. The summed E-state index contributed by atoms with van der Waals surface area (Å²) in [4.78, 5) is 2.54. The second-order valence-electron chi connectivity index (χ2n) is 5.58. The van der Waals surface area contributed by atoms with Gasteiger partial charge in [0.2, 0.25) is 0 Å². The van der Waals surface area contributed by atoms with Gasteiger partial charge in [0, 0.05) is 19.1 Å². The van der Waals surface area contributed by atoms with Crippen LogP contribution < -0.4 is 5.73 Å². The van der Waals surface area contributed by atoms with Crippen LogP contribution in [0.5, 0.6) is 0 Å². The van der Waals surface area contributed by atoms with E-state index in [-0.39, 0.29) is 0 Å². The molecule has 2 unspecified atom stereocenters. The molecule has 1 saturated heterocycles. The van der Waals surface area contributed by atoms with Crippen molar-refractivity contribution in [1.82, 2.24) is 4.90 Å². The molecule has 1 aliphatic heterocycles. The van der Waals surface area contributed by atoms with E-state index in [0.717, 1.165) is 26.1 Å². The first-order valence-corrected chi connectivity index (χ1v) is 6.68. The minimum Gasteiger partial charge on any atom is -0.327 e. The van der Waals surface area contributed by atoms with Gasteiger partial charge in [0.05, 0.1) is 0 Å². The van der Waals surface area contributed by atoms with Crippen molar-refractivity contribution in [2.75, 3.05) is 13.1 Å². The first kappa shape index (κ1) is 12.6. The summed E-state index contributed by atoms with van der Waals surface area (Å²) in [5, 5.41) is 0. The topological polar surface area (TPSA) is 29.3 Å². The molecule has 1 fully saturated rings. The van der Waals surface area contributed by atoms with Crippen LogP contribution in [-0.4, -0.2) is 24.0 Å². The molecule has 0 aliphatic carbocycles. The summed E-state index contributed by atoms with van der Waals surface area (Å²) < 4.78 is 0. The molecule has 0 radical (unpaired) electrons. The molecule has 2 heteroatoms. The molecular formula is C15H24N2. The number of likely N-dealkylation sites (tertiary alicyclic amines) is 1. The zero-order valence-electron chi connectivity index (χ0n) is 11.0. The van der Waals surface area contributed by atoms with Crippen molar-refractivity contribution in [1.29, 1.82) is 0 Å². The average molecular weight is 232 g/mol. The maximum Gasteiger partial charge on any atom is 0.0233 e. The molecule has 0 saturated carbocycles. The Hall–Kier alpha value is -0.860. The number of hydrogen-bond acceptors (Lipinski definition) is 2. The van der Waals surface area contributed by atoms with Gasteiger partial charge >= 0.3 is 0 Å². The number of piperidine rings is 1. The Kier molecular flexibility index (Phi) is 4.19. The van der Waals surface area contributed by atoms with Crippen LogP contribution in [0, 0.1) is 11.8 Å². The highest BCUT2D eigenvalue weighted by molar-refractivity contribution is 5.14. The lowest BCUT2D eigenvalue weighted by atomic mass is 9.84. The van der Waals surface area contributed by atoms with E-state index >= 15 is 0 Å². The van der Waals surface area contributed by atoms with Gasteiger partial charge in [-0.15, -0.1) is 0 Å². The standard InChI is InChI=1S/C15H24N2/c1-12(2)14-11-17(9-8-15(14)16)10-13-6-4-3-5-7-13/h3-7,12,14-15H,8-11,16H2,1-2H3. The molecule has 1 aliphatic rings. The fourth-order valence-corrected chi connectivity index (χ4v) is 2.76. The molecular weight excluding hydrogens is 208 g/mol. The van der Waals surface area contributed by atoms with Crippen LogP contribution in [0.15, 0.2) is 30.3 Å². The molecule has 1 heterocycles. The smallest absolute Gasteiger partial charge is 0.0233 e. The molecule has 2 atom stereocenters. The van der Waals surface area contributed by atoms with E-state index in [1.165, 1.54) is 5.56 Å². The van der Waals surface area contributed by atoms with E-state index in [9.17, 15) is 0 Å². The van der Waals surface area contributed by atoms with Gasteiger partial charge in [-0.25, -0.2) is 0 Å². The summed E-state index contributed by atoms with van der Waals surface area (Å²) in [6.45, 7) is 7.93. The van der Waals surface area contributed by atoms with Crippen LogP contribution in [0.2, 0.25) is 0 Å². The lowest BCUT2D eigenvalue weighted by Crippen LogP contribution is -2.48. The van der Waals surface area contributed by atoms with Crippen LogP contribution in [0.1, 0.15) is 25.8 Å². The van der Waals surface area contributed by atoms with Crippen molar-refractivity contribution in [3.63, 3.8) is 0 Å². The molecule has 0 bridgehead atoms. The second-order valence-corrected chi connectivity index (χ2v) is 5.58. The average Bonchev–Trinajstić information content (AvgIpc) is 2.32. The van der Waals surface area contributed by atoms with Gasteiger partial charge in [-0.1, -0.05) is 44.2 Å². The molecule has 0 amide bonds. The third-order valence-corrected chi connectivity index (χ3v) is 3.90. The van der Waals surface area contributed by atoms with Gasteiger partial charge in [0.15, 0.2) is 0 Å². The molecule has 2 rings (SSSR count). The fraction of sp³-hybridized carbons (Fsp3) is 0.600. The number of nitrogens with two attached hydrogens (primary N) is 1. The predicted molar refractivity (Wildman–Crippen MR) is 72.6 cm³/mol. The highest BCUT2D eigenvalue weighted by atomic mass is 15.1. The number of rotatable bonds is 3. The lowest BCUT2D eigenvalue weighted by Gasteiger charge is -2.39. The Morgan fingerprint density at radius 1 is 1.29 bits per heavy atom. The summed E-state index contributed by atoms with van der Waals surface area (Å²) in [5.74, 6) is 1.33. The van der Waals surface area contributed by atoms with Crippen molar-refractivity contribution in [3.8, 4) is 0 Å². The molecule has 0 spiro atoms. The first-order chi connectivity index (χ1) is 8.16. The van der Waals surface area contributed by atoms with E-state index in [1.807, 2.05) is 0 Å². The quantitative estimate of drug-likeness (QED) is 0.867. The van der Waals surface area contributed by atoms with Gasteiger partial charge in [-0.05, 0) is 30.4 Å². The largest absolute Gasteiger partial charge is 0.327 e. The van der Waals surface area contributed by atoms with Gasteiger partial charge in [-0.3, -0.25) is 4.90 Å². The zero-order chi connectivity index (χ0) is 12.3. The maximum atomic E-state index is 6.21. The van der Waals surface area contributed by atoms with E-state index in [1.54, 1.807) is 0 Å². The first-order valence-electron chi connectivity index (χ1n) is 6.68. The third kappa shape index (κ3) is 3.30. The Bertz CT molecular complexity index is 334. The van der Waals surface area contributed by atoms with Gasteiger partial charge in [0.1, 0.15) is 0 Å². The Labute approximate surface area is 105 Å². The monoisotopic (exact) mass is 232 g/mol. The Balaban J connectivity index is 1.95. The highest BCUT2D eigenvalue weighted by Crippen LogP contribution is 2.23.